The number of nitrogens with zero attached hydrogens (tertiary/aromatic N) is 1. The Hall–Kier alpha value is -1.10. The molecule has 1 heterocycles. The molecule has 1 aliphatic carbocycles. The molecule has 114 valence electrons. The molecule has 1 aliphatic heterocycles. The third kappa shape index (κ3) is 3.57. The summed E-state index contributed by atoms with van der Waals surface area (Å²) in [5.74, 6) is 0.597. The number of hydrogen-bond donors (Lipinski definition) is 1. The Kier molecular flexibility index (Phi) is 4.48. The summed E-state index contributed by atoms with van der Waals surface area (Å²) in [5, 5.41) is 10.9. The van der Waals surface area contributed by atoms with Gasteiger partial charge in [-0.2, -0.15) is 0 Å². The van der Waals surface area contributed by atoms with Crippen molar-refractivity contribution in [3.63, 3.8) is 0 Å². The highest BCUT2D eigenvalue weighted by Gasteiger charge is 2.39. The van der Waals surface area contributed by atoms with E-state index in [2.05, 4.69) is 0 Å². The fourth-order valence-electron chi connectivity index (χ4n) is 2.89. The van der Waals surface area contributed by atoms with Crippen LogP contribution in [0.25, 0.3) is 0 Å². The first-order valence-corrected chi connectivity index (χ1v) is 7.83. The van der Waals surface area contributed by atoms with Gasteiger partial charge in [-0.25, -0.2) is 0 Å². The molecule has 5 heteroatoms. The monoisotopic (exact) mass is 309 g/mol. The maximum Gasteiger partial charge on any atom is 0.225 e. The molecule has 2 fully saturated rings. The summed E-state index contributed by atoms with van der Waals surface area (Å²) >= 11 is 5.83. The second-order valence-corrected chi connectivity index (χ2v) is 6.27. The summed E-state index contributed by atoms with van der Waals surface area (Å²) in [5.41, 5.74) is 0.726. The van der Waals surface area contributed by atoms with E-state index in [1.165, 1.54) is 12.8 Å². The Labute approximate surface area is 129 Å². The third-order valence-corrected chi connectivity index (χ3v) is 4.53. The fourth-order valence-corrected chi connectivity index (χ4v) is 3.02. The second kappa shape index (κ2) is 6.34. The number of amides is 1. The highest BCUT2D eigenvalue weighted by atomic mass is 35.5. The van der Waals surface area contributed by atoms with E-state index < -0.39 is 6.10 Å². The predicted octanol–water partition coefficient (Wildman–Crippen LogP) is 2.40. The number of benzene rings is 1. The van der Waals surface area contributed by atoms with Crippen LogP contribution in [-0.4, -0.2) is 41.7 Å². The number of halogens is 1. The van der Waals surface area contributed by atoms with Crippen LogP contribution in [0.4, 0.5) is 0 Å². The van der Waals surface area contributed by atoms with Gasteiger partial charge in [-0.05, 0) is 36.5 Å². The van der Waals surface area contributed by atoms with Crippen molar-refractivity contribution in [1.29, 1.82) is 0 Å². The lowest BCUT2D eigenvalue weighted by Crippen LogP contribution is -2.50. The third-order valence-electron chi connectivity index (χ3n) is 4.27. The lowest BCUT2D eigenvalue weighted by atomic mass is 10.0. The average Bonchev–Trinajstić information content (AvgIpc) is 3.32. The molecule has 0 bridgehead atoms. The zero-order valence-electron chi connectivity index (χ0n) is 11.9. The molecule has 1 saturated heterocycles. The zero-order chi connectivity index (χ0) is 14.8. The number of aliphatic hydroxyl groups excluding tert-OH is 1. The SMILES string of the molecule is O=C(CC(O)c1ccc(Cl)cc1)N1CCOCC1C1CC1. The van der Waals surface area contributed by atoms with Crippen molar-refractivity contribution in [3.8, 4) is 0 Å². The van der Waals surface area contributed by atoms with E-state index in [1.54, 1.807) is 24.3 Å². The number of morpholine rings is 1. The largest absolute Gasteiger partial charge is 0.388 e. The second-order valence-electron chi connectivity index (χ2n) is 5.84. The summed E-state index contributed by atoms with van der Waals surface area (Å²) in [6.07, 6.45) is 1.69. The minimum atomic E-state index is -0.780. The zero-order valence-corrected chi connectivity index (χ0v) is 12.6. The van der Waals surface area contributed by atoms with Gasteiger partial charge >= 0.3 is 0 Å². The van der Waals surface area contributed by atoms with Gasteiger partial charge in [0.05, 0.1) is 31.8 Å². The quantitative estimate of drug-likeness (QED) is 0.929. The number of hydrogen-bond acceptors (Lipinski definition) is 3. The van der Waals surface area contributed by atoms with E-state index in [0.717, 1.165) is 5.56 Å². The van der Waals surface area contributed by atoms with Crippen LogP contribution in [-0.2, 0) is 9.53 Å². The standard InChI is InChI=1S/C16H20ClNO3/c17-13-5-3-12(4-6-13)15(19)9-16(20)18-7-8-21-10-14(18)11-1-2-11/h3-6,11,14-15,19H,1-2,7-10H2. The molecule has 1 aromatic rings. The summed E-state index contributed by atoms with van der Waals surface area (Å²) in [4.78, 5) is 14.4. The lowest BCUT2D eigenvalue weighted by molar-refractivity contribution is -0.142. The van der Waals surface area contributed by atoms with Crippen molar-refractivity contribution in [2.75, 3.05) is 19.8 Å². The van der Waals surface area contributed by atoms with E-state index in [9.17, 15) is 9.90 Å². The van der Waals surface area contributed by atoms with Crippen LogP contribution in [0.2, 0.25) is 5.02 Å². The smallest absolute Gasteiger partial charge is 0.225 e. The summed E-state index contributed by atoms with van der Waals surface area (Å²) < 4.78 is 5.50. The lowest BCUT2D eigenvalue weighted by Gasteiger charge is -2.36. The van der Waals surface area contributed by atoms with Crippen LogP contribution in [0, 0.1) is 5.92 Å². The van der Waals surface area contributed by atoms with Crippen LogP contribution in [0.5, 0.6) is 0 Å². The molecule has 1 aromatic carbocycles. The van der Waals surface area contributed by atoms with E-state index in [1.807, 2.05) is 4.90 Å². The normalized spacial score (nSPS) is 23.9. The van der Waals surface area contributed by atoms with E-state index in [0.29, 0.717) is 30.7 Å². The van der Waals surface area contributed by atoms with Gasteiger partial charge in [-0.1, -0.05) is 23.7 Å². The Morgan fingerprint density at radius 1 is 1.38 bits per heavy atom. The number of carbonyl (C=O) groups excluding carboxylic acids is 1. The molecule has 21 heavy (non-hydrogen) atoms. The van der Waals surface area contributed by atoms with Crippen molar-refractivity contribution in [1.82, 2.24) is 4.90 Å². The number of rotatable bonds is 4. The first kappa shape index (κ1) is 14.8. The van der Waals surface area contributed by atoms with Crippen molar-refractivity contribution in [2.24, 2.45) is 5.92 Å². The number of carbonyl (C=O) groups is 1. The summed E-state index contributed by atoms with van der Waals surface area (Å²) in [7, 11) is 0. The molecule has 0 radical (unpaired) electrons. The number of aliphatic hydroxyl groups is 1. The molecule has 2 unspecified atom stereocenters. The van der Waals surface area contributed by atoms with Crippen LogP contribution < -0.4 is 0 Å². The van der Waals surface area contributed by atoms with Gasteiger partial charge in [-0.3, -0.25) is 4.79 Å². The Morgan fingerprint density at radius 3 is 2.76 bits per heavy atom. The molecule has 1 N–H and O–H groups in total. The molecular formula is C16H20ClNO3. The van der Waals surface area contributed by atoms with Crippen molar-refractivity contribution < 1.29 is 14.6 Å². The first-order chi connectivity index (χ1) is 10.1. The molecule has 4 nitrogen and oxygen atoms in total. The maximum atomic E-state index is 12.5. The Bertz CT molecular complexity index is 501. The fraction of sp³-hybridized carbons (Fsp3) is 0.562. The molecule has 0 spiro atoms. The molecule has 1 amide bonds. The van der Waals surface area contributed by atoms with Gasteiger partial charge in [0.15, 0.2) is 0 Å². The topological polar surface area (TPSA) is 49.8 Å². The van der Waals surface area contributed by atoms with Crippen LogP contribution in [0.1, 0.15) is 30.9 Å². The summed E-state index contributed by atoms with van der Waals surface area (Å²) in [6.45, 7) is 1.85. The van der Waals surface area contributed by atoms with Crippen LogP contribution in [0.15, 0.2) is 24.3 Å². The van der Waals surface area contributed by atoms with Gasteiger partial charge < -0.3 is 14.7 Å². The van der Waals surface area contributed by atoms with Crippen molar-refractivity contribution in [3.05, 3.63) is 34.9 Å². The summed E-state index contributed by atoms with van der Waals surface area (Å²) in [6, 6.07) is 7.18. The average molecular weight is 310 g/mol. The van der Waals surface area contributed by atoms with Gasteiger partial charge in [-0.15, -0.1) is 0 Å². The Morgan fingerprint density at radius 2 is 2.10 bits per heavy atom. The van der Waals surface area contributed by atoms with Crippen LogP contribution in [0.3, 0.4) is 0 Å². The first-order valence-electron chi connectivity index (χ1n) is 7.46. The molecule has 3 rings (SSSR count). The van der Waals surface area contributed by atoms with Crippen LogP contribution >= 0.6 is 11.6 Å². The maximum absolute atomic E-state index is 12.5. The van der Waals surface area contributed by atoms with Gasteiger partial charge in [0.25, 0.3) is 0 Å². The molecule has 2 atom stereocenters. The molecular weight excluding hydrogens is 290 g/mol. The number of ether oxygens (including phenoxy) is 1. The van der Waals surface area contributed by atoms with E-state index in [4.69, 9.17) is 16.3 Å². The van der Waals surface area contributed by atoms with Gasteiger partial charge in [0.2, 0.25) is 5.91 Å². The highest BCUT2D eigenvalue weighted by Crippen LogP contribution is 2.37. The Balaban J connectivity index is 1.62. The van der Waals surface area contributed by atoms with E-state index >= 15 is 0 Å². The predicted molar refractivity (Wildman–Crippen MR) is 80.1 cm³/mol. The molecule has 0 aromatic heterocycles. The van der Waals surface area contributed by atoms with Crippen molar-refractivity contribution in [2.45, 2.75) is 31.4 Å². The minimum absolute atomic E-state index is 0.0117. The van der Waals surface area contributed by atoms with E-state index in [-0.39, 0.29) is 18.4 Å². The molecule has 2 aliphatic rings. The minimum Gasteiger partial charge on any atom is -0.388 e. The van der Waals surface area contributed by atoms with Crippen molar-refractivity contribution >= 4 is 17.5 Å². The highest BCUT2D eigenvalue weighted by molar-refractivity contribution is 6.30. The molecule has 1 saturated carbocycles. The van der Waals surface area contributed by atoms with Gasteiger partial charge in [0.1, 0.15) is 0 Å². The van der Waals surface area contributed by atoms with Gasteiger partial charge in [0, 0.05) is 11.6 Å².